The van der Waals surface area contributed by atoms with Crippen LogP contribution in [-0.4, -0.2) is 24.7 Å². The van der Waals surface area contributed by atoms with Gasteiger partial charge < -0.3 is 4.74 Å². The molecule has 1 atom stereocenters. The predicted octanol–water partition coefficient (Wildman–Crippen LogP) is 1.37. The minimum absolute atomic E-state index is 0.113. The molecule has 1 aliphatic rings. The van der Waals surface area contributed by atoms with Crippen molar-refractivity contribution in [1.29, 1.82) is 0 Å². The Hall–Kier alpha value is -0.740. The highest BCUT2D eigenvalue weighted by molar-refractivity contribution is 5.74. The Morgan fingerprint density at radius 3 is 2.40 bits per heavy atom. The molecule has 1 heterocycles. The average Bonchev–Trinajstić information content (AvgIpc) is 2.11. The van der Waals surface area contributed by atoms with Gasteiger partial charge in [-0.2, -0.15) is 13.2 Å². The molecule has 0 aromatic carbocycles. The van der Waals surface area contributed by atoms with Gasteiger partial charge in [-0.25, -0.2) is 4.99 Å². The van der Waals surface area contributed by atoms with Crippen LogP contribution < -0.4 is 0 Å². The van der Waals surface area contributed by atoms with Crippen molar-refractivity contribution in [1.82, 2.24) is 0 Å². The van der Waals surface area contributed by atoms with Crippen molar-refractivity contribution < 1.29 is 17.9 Å². The summed E-state index contributed by atoms with van der Waals surface area (Å²) >= 11 is 0. The van der Waals surface area contributed by atoms with Crippen LogP contribution in [0, 0.1) is 0 Å². The molecule has 1 rings (SSSR count). The van der Waals surface area contributed by atoms with E-state index in [1.807, 2.05) is 0 Å². The van der Waals surface area contributed by atoms with Crippen LogP contribution in [0.4, 0.5) is 13.2 Å². The number of ether oxygens (including phenoxy) is 1. The van der Waals surface area contributed by atoms with Crippen LogP contribution in [0.25, 0.3) is 0 Å². The number of nitrogens with zero attached hydrogens (tertiary/aromatic N) is 1. The lowest BCUT2D eigenvalue weighted by Gasteiger charge is -2.08. The van der Waals surface area contributed by atoms with Crippen molar-refractivity contribution in [3.05, 3.63) is 0 Å². The number of hydrogen-bond acceptors (Lipinski definition) is 2. The van der Waals surface area contributed by atoms with Crippen molar-refractivity contribution in [3.8, 4) is 0 Å². The van der Waals surface area contributed by atoms with E-state index < -0.39 is 12.2 Å². The number of alkyl halides is 3. The fourth-order valence-electron chi connectivity index (χ4n) is 0.661. The van der Waals surface area contributed by atoms with Crippen molar-refractivity contribution in [2.45, 2.75) is 19.1 Å². The van der Waals surface area contributed by atoms with Gasteiger partial charge in [0.15, 0.2) is 11.9 Å². The number of rotatable bonds is 0. The lowest BCUT2D eigenvalue weighted by molar-refractivity contribution is -0.149. The van der Waals surface area contributed by atoms with E-state index in [1.165, 1.54) is 6.92 Å². The largest absolute Gasteiger partial charge is 0.479 e. The van der Waals surface area contributed by atoms with Gasteiger partial charge in [-0.05, 0) is 0 Å². The lowest BCUT2D eigenvalue weighted by atomic mass is 10.3. The molecule has 10 heavy (non-hydrogen) atoms. The van der Waals surface area contributed by atoms with Gasteiger partial charge in [-0.3, -0.25) is 0 Å². The highest BCUT2D eigenvalue weighted by Crippen LogP contribution is 2.25. The van der Waals surface area contributed by atoms with Crippen LogP contribution in [-0.2, 0) is 4.74 Å². The SMILES string of the molecule is CC1=N[C@H](C(F)(F)F)CO1. The van der Waals surface area contributed by atoms with Gasteiger partial charge in [-0.15, -0.1) is 0 Å². The van der Waals surface area contributed by atoms with Crippen LogP contribution >= 0.6 is 0 Å². The monoisotopic (exact) mass is 153 g/mol. The first-order valence-electron chi connectivity index (χ1n) is 2.74. The van der Waals surface area contributed by atoms with Crippen LogP contribution in [0.1, 0.15) is 6.92 Å². The molecule has 0 saturated heterocycles. The maximum absolute atomic E-state index is 11.7. The van der Waals surface area contributed by atoms with Gasteiger partial charge in [-0.1, -0.05) is 0 Å². The topological polar surface area (TPSA) is 21.6 Å². The molecule has 0 spiro atoms. The first kappa shape index (κ1) is 7.37. The van der Waals surface area contributed by atoms with Gasteiger partial charge in [0.2, 0.25) is 0 Å². The molecule has 0 amide bonds. The Balaban J connectivity index is 2.61. The zero-order valence-corrected chi connectivity index (χ0v) is 5.27. The first-order valence-corrected chi connectivity index (χ1v) is 2.74. The minimum Gasteiger partial charge on any atom is -0.479 e. The van der Waals surface area contributed by atoms with E-state index in [2.05, 4.69) is 9.73 Å². The van der Waals surface area contributed by atoms with Crippen LogP contribution in [0.2, 0.25) is 0 Å². The third-order valence-corrected chi connectivity index (χ3v) is 1.17. The van der Waals surface area contributed by atoms with Gasteiger partial charge in [0.25, 0.3) is 0 Å². The maximum Gasteiger partial charge on any atom is 0.414 e. The van der Waals surface area contributed by atoms with Crippen LogP contribution in [0.5, 0.6) is 0 Å². The lowest BCUT2D eigenvalue weighted by Crippen LogP contribution is -2.27. The van der Waals surface area contributed by atoms with Crippen LogP contribution in [0.3, 0.4) is 0 Å². The summed E-state index contributed by atoms with van der Waals surface area (Å²) in [6.07, 6.45) is -4.25. The summed E-state index contributed by atoms with van der Waals surface area (Å²) in [6, 6.07) is -1.65. The number of halogens is 3. The highest BCUT2D eigenvalue weighted by Gasteiger charge is 2.42. The maximum atomic E-state index is 11.7. The van der Waals surface area contributed by atoms with E-state index in [9.17, 15) is 13.2 Å². The normalized spacial score (nSPS) is 26.0. The van der Waals surface area contributed by atoms with E-state index in [1.54, 1.807) is 0 Å². The standard InChI is InChI=1S/C5H6F3NO/c1-3-9-4(2-10-3)5(6,7)8/h4H,2H2,1H3/t4-/m0/s1. The second-order valence-corrected chi connectivity index (χ2v) is 2.02. The molecule has 0 bridgehead atoms. The average molecular weight is 153 g/mol. The molecule has 0 aromatic heterocycles. The van der Waals surface area contributed by atoms with Crippen molar-refractivity contribution in [2.24, 2.45) is 4.99 Å². The molecule has 0 radical (unpaired) electrons. The molecule has 5 heteroatoms. The molecule has 0 aliphatic carbocycles. The summed E-state index contributed by atoms with van der Waals surface area (Å²) in [6.45, 7) is 1.04. The Kier molecular flexibility index (Phi) is 1.58. The molecular formula is C5H6F3NO. The van der Waals surface area contributed by atoms with E-state index in [0.29, 0.717) is 0 Å². The zero-order valence-electron chi connectivity index (χ0n) is 5.27. The molecule has 0 N–H and O–H groups in total. The third-order valence-electron chi connectivity index (χ3n) is 1.17. The van der Waals surface area contributed by atoms with Crippen molar-refractivity contribution in [3.63, 3.8) is 0 Å². The minimum atomic E-state index is -4.25. The Bertz CT molecular complexity index is 163. The third kappa shape index (κ3) is 1.40. The molecular weight excluding hydrogens is 147 g/mol. The second-order valence-electron chi connectivity index (χ2n) is 2.02. The summed E-state index contributed by atoms with van der Waals surface area (Å²) in [5.41, 5.74) is 0. The fourth-order valence-corrected chi connectivity index (χ4v) is 0.661. The molecule has 0 aromatic rings. The predicted molar refractivity (Wildman–Crippen MR) is 28.9 cm³/mol. The summed E-state index contributed by atoms with van der Waals surface area (Å²) in [5.74, 6) is 0.113. The molecule has 0 saturated carbocycles. The van der Waals surface area contributed by atoms with Crippen LogP contribution in [0.15, 0.2) is 4.99 Å². The van der Waals surface area contributed by atoms with Crippen molar-refractivity contribution in [2.75, 3.05) is 6.61 Å². The molecule has 1 aliphatic heterocycles. The van der Waals surface area contributed by atoms with E-state index >= 15 is 0 Å². The van der Waals surface area contributed by atoms with E-state index in [0.717, 1.165) is 0 Å². The quantitative estimate of drug-likeness (QED) is 0.515. The van der Waals surface area contributed by atoms with E-state index in [-0.39, 0.29) is 12.5 Å². The Morgan fingerprint density at radius 2 is 2.20 bits per heavy atom. The Morgan fingerprint density at radius 1 is 1.60 bits per heavy atom. The summed E-state index contributed by atoms with van der Waals surface area (Å²) in [4.78, 5) is 3.23. The highest BCUT2D eigenvalue weighted by atomic mass is 19.4. The Labute approximate surface area is 55.7 Å². The van der Waals surface area contributed by atoms with E-state index in [4.69, 9.17) is 0 Å². The summed E-state index contributed by atoms with van der Waals surface area (Å²) < 4.78 is 39.8. The number of aliphatic imine (C=N–C) groups is 1. The van der Waals surface area contributed by atoms with Gasteiger partial charge >= 0.3 is 6.18 Å². The second kappa shape index (κ2) is 2.14. The zero-order chi connectivity index (χ0) is 7.78. The molecule has 0 fully saturated rings. The molecule has 2 nitrogen and oxygen atoms in total. The summed E-state index contributed by atoms with van der Waals surface area (Å²) in [5, 5.41) is 0. The van der Waals surface area contributed by atoms with Gasteiger partial charge in [0, 0.05) is 6.92 Å². The number of hydrogen-bond donors (Lipinski definition) is 0. The fraction of sp³-hybridized carbons (Fsp3) is 0.800. The summed E-state index contributed by atoms with van der Waals surface area (Å²) in [7, 11) is 0. The van der Waals surface area contributed by atoms with Crippen molar-refractivity contribution >= 4 is 5.90 Å². The van der Waals surface area contributed by atoms with Gasteiger partial charge in [0.05, 0.1) is 0 Å². The van der Waals surface area contributed by atoms with Gasteiger partial charge in [0.1, 0.15) is 6.61 Å². The molecule has 58 valence electrons. The first-order chi connectivity index (χ1) is 4.50. The molecule has 0 unspecified atom stereocenters. The smallest absolute Gasteiger partial charge is 0.414 e.